The molecule has 0 saturated heterocycles. The molecule has 2 aromatic rings. The normalized spacial score (nSPS) is 12.6. The minimum absolute atomic E-state index is 0. The molecule has 8 nitrogen and oxygen atoms in total. The van der Waals surface area contributed by atoms with Crippen LogP contribution in [0.2, 0.25) is 0 Å². The first-order valence-corrected chi connectivity index (χ1v) is 7.94. The van der Waals surface area contributed by atoms with Crippen molar-refractivity contribution in [3.8, 4) is 0 Å². The van der Waals surface area contributed by atoms with Crippen molar-refractivity contribution in [3.63, 3.8) is 0 Å². The van der Waals surface area contributed by atoms with Crippen LogP contribution in [0, 0.1) is 0 Å². The minimum Gasteiger partial charge on any atom is -1.00 e. The van der Waals surface area contributed by atoms with E-state index < -0.39 is 0 Å². The molecule has 24 heavy (non-hydrogen) atoms. The van der Waals surface area contributed by atoms with Gasteiger partial charge in [0, 0.05) is 27.1 Å². The molecule has 0 saturated carbocycles. The average Bonchev–Trinajstić information content (AvgIpc) is 2.94. The highest BCUT2D eigenvalue weighted by Gasteiger charge is 2.15. The Labute approximate surface area is 146 Å². The maximum absolute atomic E-state index is 12.3. The molecular weight excluding hydrogens is 334 g/mol. The van der Waals surface area contributed by atoms with Crippen LogP contribution in [0.15, 0.2) is 15.9 Å². The van der Waals surface area contributed by atoms with E-state index in [0.29, 0.717) is 23.8 Å². The second kappa shape index (κ2) is 8.46. The number of aromatic nitrogens is 4. The number of nitrogens with one attached hydrogen (secondary N) is 1. The number of quaternary nitrogens is 1. The lowest BCUT2D eigenvalue weighted by Gasteiger charge is -2.22. The summed E-state index contributed by atoms with van der Waals surface area (Å²) in [5.74, 6) is 0. The number of fused-ring (bicyclic) bond motifs is 1. The van der Waals surface area contributed by atoms with Crippen LogP contribution in [0.4, 0.5) is 0 Å². The van der Waals surface area contributed by atoms with Crippen LogP contribution in [-0.2, 0) is 20.6 Å². The molecule has 0 bridgehead atoms. The molecule has 2 aromatic heterocycles. The van der Waals surface area contributed by atoms with Gasteiger partial charge in [-0.15, -0.1) is 0 Å². The highest BCUT2D eigenvalue weighted by atomic mass is 35.5. The number of aliphatic hydroxyl groups excluding tert-OH is 1. The van der Waals surface area contributed by atoms with Gasteiger partial charge in [-0.25, -0.2) is 9.78 Å². The number of hydrogen-bond donors (Lipinski definition) is 2. The lowest BCUT2D eigenvalue weighted by Crippen LogP contribution is -3.15. The van der Waals surface area contributed by atoms with Gasteiger partial charge in [-0.1, -0.05) is 0 Å². The molecule has 0 aliphatic carbocycles. The van der Waals surface area contributed by atoms with Gasteiger partial charge in [0.25, 0.3) is 5.56 Å². The third-order valence-corrected chi connectivity index (χ3v) is 4.36. The molecule has 9 heteroatoms. The van der Waals surface area contributed by atoms with E-state index in [0.717, 1.165) is 24.1 Å². The summed E-state index contributed by atoms with van der Waals surface area (Å²) in [6, 6.07) is 0.440. The highest BCUT2D eigenvalue weighted by Crippen LogP contribution is 2.05. The van der Waals surface area contributed by atoms with E-state index in [2.05, 4.69) is 18.8 Å². The topological polar surface area (TPSA) is 86.5 Å². The van der Waals surface area contributed by atoms with Crippen molar-refractivity contribution in [1.29, 1.82) is 0 Å². The SMILES string of the molecule is CC(C)[NH+](CCO)CCCn1cnc2c1c(=O)n(C)c(=O)n2C.[Cl-]. The molecule has 2 rings (SSSR count). The molecule has 0 spiro atoms. The lowest BCUT2D eigenvalue weighted by molar-refractivity contribution is -0.922. The first-order valence-electron chi connectivity index (χ1n) is 7.94. The Morgan fingerprint density at radius 2 is 1.88 bits per heavy atom. The number of imidazole rings is 1. The zero-order valence-corrected chi connectivity index (χ0v) is 15.4. The largest absolute Gasteiger partial charge is 1.00 e. The minimum atomic E-state index is -0.369. The Bertz CT molecular complexity index is 793. The maximum Gasteiger partial charge on any atom is 0.332 e. The van der Waals surface area contributed by atoms with Crippen molar-refractivity contribution < 1.29 is 22.4 Å². The third kappa shape index (κ3) is 3.88. The molecule has 1 atom stereocenters. The van der Waals surface area contributed by atoms with Gasteiger partial charge in [-0.3, -0.25) is 13.9 Å². The number of rotatable bonds is 7. The molecular formula is C15H26ClN5O3. The van der Waals surface area contributed by atoms with E-state index in [1.807, 2.05) is 4.57 Å². The van der Waals surface area contributed by atoms with Gasteiger partial charge >= 0.3 is 5.69 Å². The molecule has 0 aromatic carbocycles. The summed E-state index contributed by atoms with van der Waals surface area (Å²) in [5, 5.41) is 9.12. The van der Waals surface area contributed by atoms with Gasteiger partial charge in [0.1, 0.15) is 6.54 Å². The Kier molecular flexibility index (Phi) is 7.19. The quantitative estimate of drug-likeness (QED) is 0.519. The Morgan fingerprint density at radius 1 is 1.21 bits per heavy atom. The van der Waals surface area contributed by atoms with E-state index >= 15 is 0 Å². The van der Waals surface area contributed by atoms with Crippen molar-refractivity contribution >= 4 is 11.2 Å². The summed E-state index contributed by atoms with van der Waals surface area (Å²) in [7, 11) is 3.10. The summed E-state index contributed by atoms with van der Waals surface area (Å²) in [6.07, 6.45) is 2.48. The van der Waals surface area contributed by atoms with Crippen LogP contribution in [0.1, 0.15) is 20.3 Å². The Morgan fingerprint density at radius 3 is 2.46 bits per heavy atom. The molecule has 0 fully saturated rings. The first-order chi connectivity index (χ1) is 10.9. The standard InChI is InChI=1S/C15H25N5O3.ClH/c1-11(2)19(8-9-21)6-5-7-20-10-16-13-12(20)14(22)18(4)15(23)17(13)3;/h10-11,21H,5-9H2,1-4H3;1H. The van der Waals surface area contributed by atoms with Gasteiger partial charge in [0.15, 0.2) is 11.2 Å². The number of halogens is 1. The summed E-state index contributed by atoms with van der Waals surface area (Å²) < 4.78 is 4.32. The molecule has 0 radical (unpaired) electrons. The molecule has 0 aliphatic heterocycles. The van der Waals surface area contributed by atoms with Gasteiger partial charge in [0.2, 0.25) is 0 Å². The smallest absolute Gasteiger partial charge is 0.332 e. The van der Waals surface area contributed by atoms with Crippen molar-refractivity contribution in [2.45, 2.75) is 32.9 Å². The fourth-order valence-corrected chi connectivity index (χ4v) is 2.89. The van der Waals surface area contributed by atoms with Crippen molar-refractivity contribution in [3.05, 3.63) is 27.2 Å². The molecule has 2 heterocycles. The highest BCUT2D eigenvalue weighted by molar-refractivity contribution is 5.69. The predicted octanol–water partition coefficient (Wildman–Crippen LogP) is -4.89. The fourth-order valence-electron chi connectivity index (χ4n) is 2.89. The van der Waals surface area contributed by atoms with Gasteiger partial charge in [-0.2, -0.15) is 0 Å². The first kappa shape index (κ1) is 20.4. The van der Waals surface area contributed by atoms with Gasteiger partial charge < -0.3 is 27.0 Å². The summed E-state index contributed by atoms with van der Waals surface area (Å²) in [4.78, 5) is 29.8. The van der Waals surface area contributed by atoms with Crippen molar-refractivity contribution in [1.82, 2.24) is 18.7 Å². The number of nitrogens with zero attached hydrogens (tertiary/aromatic N) is 4. The Hall–Kier alpha value is -1.64. The van der Waals surface area contributed by atoms with Crippen molar-refractivity contribution in [2.75, 3.05) is 19.7 Å². The van der Waals surface area contributed by atoms with Crippen LogP contribution < -0.4 is 28.6 Å². The summed E-state index contributed by atoms with van der Waals surface area (Å²) >= 11 is 0. The molecule has 136 valence electrons. The zero-order valence-electron chi connectivity index (χ0n) is 14.6. The zero-order chi connectivity index (χ0) is 17.1. The van der Waals surface area contributed by atoms with E-state index in [1.165, 1.54) is 16.5 Å². The van der Waals surface area contributed by atoms with E-state index in [9.17, 15) is 9.59 Å². The molecule has 0 aliphatic rings. The molecule has 1 unspecified atom stereocenters. The second-order valence-electron chi connectivity index (χ2n) is 6.21. The van der Waals surface area contributed by atoms with E-state index in [-0.39, 0.29) is 30.3 Å². The Balaban J connectivity index is 0.00000288. The van der Waals surface area contributed by atoms with Crippen molar-refractivity contribution in [2.24, 2.45) is 14.1 Å². The number of hydrogen-bond acceptors (Lipinski definition) is 4. The van der Waals surface area contributed by atoms with Crippen LogP contribution in [-0.4, -0.2) is 49.5 Å². The van der Waals surface area contributed by atoms with E-state index in [1.54, 1.807) is 13.4 Å². The lowest BCUT2D eigenvalue weighted by atomic mass is 10.3. The van der Waals surface area contributed by atoms with Crippen LogP contribution in [0.5, 0.6) is 0 Å². The summed E-state index contributed by atoms with van der Waals surface area (Å²) in [6.45, 7) is 6.71. The van der Waals surface area contributed by atoms with Crippen LogP contribution in [0.25, 0.3) is 11.2 Å². The van der Waals surface area contributed by atoms with Crippen LogP contribution in [0.3, 0.4) is 0 Å². The van der Waals surface area contributed by atoms with Crippen LogP contribution >= 0.6 is 0 Å². The van der Waals surface area contributed by atoms with Gasteiger partial charge in [-0.05, 0) is 13.8 Å². The molecule has 0 amide bonds. The second-order valence-corrected chi connectivity index (χ2v) is 6.21. The molecule has 2 N–H and O–H groups in total. The monoisotopic (exact) mass is 359 g/mol. The average molecular weight is 360 g/mol. The fraction of sp³-hybridized carbons (Fsp3) is 0.667. The maximum atomic E-state index is 12.3. The van der Waals surface area contributed by atoms with E-state index in [4.69, 9.17) is 5.11 Å². The number of aliphatic hydroxyl groups is 1. The number of aryl methyl sites for hydroxylation is 2. The van der Waals surface area contributed by atoms with Gasteiger partial charge in [0.05, 0.1) is 25.5 Å². The summed E-state index contributed by atoms with van der Waals surface area (Å²) in [5.41, 5.74) is 0.194. The predicted molar refractivity (Wildman–Crippen MR) is 87.8 cm³/mol. The third-order valence-electron chi connectivity index (χ3n) is 4.36.